The van der Waals surface area contributed by atoms with Crippen molar-refractivity contribution < 1.29 is 23.8 Å². The molecule has 1 aromatic carbocycles. The molecule has 0 spiro atoms. The van der Waals surface area contributed by atoms with E-state index in [1.807, 2.05) is 43.8 Å². The van der Waals surface area contributed by atoms with Gasteiger partial charge in [-0.2, -0.15) is 0 Å². The number of anilines is 1. The van der Waals surface area contributed by atoms with Crippen molar-refractivity contribution in [2.24, 2.45) is 13.0 Å². The first-order valence-electron chi connectivity index (χ1n) is 10.9. The first-order chi connectivity index (χ1) is 15.8. The van der Waals surface area contributed by atoms with Crippen LogP contribution in [-0.4, -0.2) is 73.9 Å². The lowest BCUT2D eigenvalue weighted by Gasteiger charge is -2.29. The molecule has 0 aliphatic heterocycles. The molecule has 3 amide bonds. The van der Waals surface area contributed by atoms with Crippen LogP contribution in [0.25, 0.3) is 0 Å². The van der Waals surface area contributed by atoms with Crippen molar-refractivity contribution in [3.8, 4) is 11.5 Å². The smallest absolute Gasteiger partial charge is 0.322 e. The molecule has 182 valence electrons. The molecule has 2 rings (SSSR count). The lowest BCUT2D eigenvalue weighted by molar-refractivity contribution is -0.133. The summed E-state index contributed by atoms with van der Waals surface area (Å²) in [7, 11) is 6.64. The molecule has 0 atom stereocenters. The van der Waals surface area contributed by atoms with Gasteiger partial charge in [0.15, 0.2) is 0 Å². The zero-order chi connectivity index (χ0) is 24.4. The number of ether oxygens (including phenoxy) is 3. The van der Waals surface area contributed by atoms with E-state index in [0.29, 0.717) is 43.4 Å². The lowest BCUT2D eigenvalue weighted by Crippen LogP contribution is -2.46. The van der Waals surface area contributed by atoms with Gasteiger partial charge in [-0.15, -0.1) is 0 Å². The highest BCUT2D eigenvalue weighted by atomic mass is 16.5. The van der Waals surface area contributed by atoms with Gasteiger partial charge in [0, 0.05) is 63.0 Å². The van der Waals surface area contributed by atoms with E-state index in [0.717, 1.165) is 5.69 Å². The number of benzene rings is 1. The molecule has 0 fully saturated rings. The van der Waals surface area contributed by atoms with E-state index in [4.69, 9.17) is 14.2 Å². The molecular formula is C24H36N4O5. The molecule has 0 saturated carbocycles. The van der Waals surface area contributed by atoms with Gasteiger partial charge in [-0.3, -0.25) is 4.79 Å². The lowest BCUT2D eigenvalue weighted by atomic mass is 10.2. The standard InChI is InChI=1S/C24H36N4O5/c1-18(2)15-28(24(30)25-19-12-21(32-5)14-22(13-19)33-6)17-23(29)27(10-11-31-4)16-20-8-7-9-26(20)3/h7-9,12-14,18H,10-11,15-17H2,1-6H3,(H,25,30). The van der Waals surface area contributed by atoms with E-state index in [2.05, 4.69) is 5.32 Å². The van der Waals surface area contributed by atoms with Gasteiger partial charge >= 0.3 is 6.03 Å². The number of aromatic nitrogens is 1. The van der Waals surface area contributed by atoms with Crippen molar-refractivity contribution in [3.05, 3.63) is 42.2 Å². The van der Waals surface area contributed by atoms with Crippen molar-refractivity contribution in [1.29, 1.82) is 0 Å². The minimum atomic E-state index is -0.363. The Bertz CT molecular complexity index is 890. The van der Waals surface area contributed by atoms with Crippen LogP contribution in [0.1, 0.15) is 19.5 Å². The molecule has 0 aliphatic carbocycles. The van der Waals surface area contributed by atoms with Gasteiger partial charge < -0.3 is 33.9 Å². The number of carbonyl (C=O) groups is 2. The molecular weight excluding hydrogens is 424 g/mol. The van der Waals surface area contributed by atoms with E-state index < -0.39 is 0 Å². The fraction of sp³-hybridized carbons (Fsp3) is 0.500. The second-order valence-corrected chi connectivity index (χ2v) is 8.22. The maximum Gasteiger partial charge on any atom is 0.322 e. The minimum Gasteiger partial charge on any atom is -0.497 e. The zero-order valence-electron chi connectivity index (χ0n) is 20.5. The Morgan fingerprint density at radius 3 is 2.24 bits per heavy atom. The quantitative estimate of drug-likeness (QED) is 0.526. The molecule has 33 heavy (non-hydrogen) atoms. The van der Waals surface area contributed by atoms with Crippen LogP contribution in [0, 0.1) is 5.92 Å². The Morgan fingerprint density at radius 2 is 1.73 bits per heavy atom. The number of hydrogen-bond acceptors (Lipinski definition) is 5. The van der Waals surface area contributed by atoms with E-state index in [9.17, 15) is 9.59 Å². The highest BCUT2D eigenvalue weighted by molar-refractivity contribution is 5.92. The number of carbonyl (C=O) groups excluding carboxylic acids is 2. The van der Waals surface area contributed by atoms with Gasteiger partial charge in [-0.25, -0.2) is 4.79 Å². The summed E-state index contributed by atoms with van der Waals surface area (Å²) in [5, 5.41) is 2.87. The van der Waals surface area contributed by atoms with Crippen molar-refractivity contribution in [2.45, 2.75) is 20.4 Å². The predicted molar refractivity (Wildman–Crippen MR) is 128 cm³/mol. The number of rotatable bonds is 12. The molecule has 1 aromatic heterocycles. The third kappa shape index (κ3) is 8.02. The number of aryl methyl sites for hydroxylation is 1. The van der Waals surface area contributed by atoms with Crippen molar-refractivity contribution in [2.75, 3.05) is 52.9 Å². The van der Waals surface area contributed by atoms with Gasteiger partial charge in [0.05, 0.1) is 27.4 Å². The van der Waals surface area contributed by atoms with Gasteiger partial charge in [0.2, 0.25) is 5.91 Å². The maximum atomic E-state index is 13.2. The molecule has 2 aromatic rings. The van der Waals surface area contributed by atoms with E-state index in [-0.39, 0.29) is 24.4 Å². The van der Waals surface area contributed by atoms with Crippen LogP contribution < -0.4 is 14.8 Å². The van der Waals surface area contributed by atoms with Crippen LogP contribution in [0.2, 0.25) is 0 Å². The van der Waals surface area contributed by atoms with Crippen LogP contribution in [-0.2, 0) is 23.1 Å². The molecule has 1 heterocycles. The molecule has 0 unspecified atom stereocenters. The third-order valence-corrected chi connectivity index (χ3v) is 5.12. The summed E-state index contributed by atoms with van der Waals surface area (Å²) in [6, 6.07) is 8.68. The molecule has 9 nitrogen and oxygen atoms in total. The number of hydrogen-bond donors (Lipinski definition) is 1. The molecule has 9 heteroatoms. The summed E-state index contributed by atoms with van der Waals surface area (Å²) in [6.45, 7) is 5.69. The van der Waals surface area contributed by atoms with Crippen LogP contribution in [0.5, 0.6) is 11.5 Å². The fourth-order valence-corrected chi connectivity index (χ4v) is 3.36. The molecule has 0 saturated heterocycles. The Morgan fingerprint density at radius 1 is 1.06 bits per heavy atom. The van der Waals surface area contributed by atoms with E-state index in [1.165, 1.54) is 4.90 Å². The number of urea groups is 1. The van der Waals surface area contributed by atoms with Crippen LogP contribution in [0.3, 0.4) is 0 Å². The Hall–Kier alpha value is -3.20. The number of nitrogens with zero attached hydrogens (tertiary/aromatic N) is 3. The third-order valence-electron chi connectivity index (χ3n) is 5.12. The van der Waals surface area contributed by atoms with Gasteiger partial charge in [0.1, 0.15) is 18.0 Å². The number of amides is 3. The second-order valence-electron chi connectivity index (χ2n) is 8.22. The topological polar surface area (TPSA) is 85.3 Å². The molecule has 0 radical (unpaired) electrons. The van der Waals surface area contributed by atoms with Crippen molar-refractivity contribution >= 4 is 17.6 Å². The van der Waals surface area contributed by atoms with Gasteiger partial charge in [0.25, 0.3) is 0 Å². The summed E-state index contributed by atoms with van der Waals surface area (Å²) < 4.78 is 17.7. The Labute approximate surface area is 196 Å². The summed E-state index contributed by atoms with van der Waals surface area (Å²) >= 11 is 0. The van der Waals surface area contributed by atoms with E-state index in [1.54, 1.807) is 44.4 Å². The average molecular weight is 461 g/mol. The summed E-state index contributed by atoms with van der Waals surface area (Å²) in [5.74, 6) is 1.16. The molecule has 0 aliphatic rings. The fourth-order valence-electron chi connectivity index (χ4n) is 3.36. The summed E-state index contributed by atoms with van der Waals surface area (Å²) in [5.41, 5.74) is 1.53. The Balaban J connectivity index is 2.17. The van der Waals surface area contributed by atoms with E-state index >= 15 is 0 Å². The zero-order valence-corrected chi connectivity index (χ0v) is 20.5. The highest BCUT2D eigenvalue weighted by Gasteiger charge is 2.23. The number of methoxy groups -OCH3 is 3. The first kappa shape index (κ1) is 26.1. The van der Waals surface area contributed by atoms with Crippen LogP contribution >= 0.6 is 0 Å². The largest absolute Gasteiger partial charge is 0.497 e. The monoisotopic (exact) mass is 460 g/mol. The minimum absolute atomic E-state index is 0.0424. The summed E-state index contributed by atoms with van der Waals surface area (Å²) in [6.07, 6.45) is 1.94. The van der Waals surface area contributed by atoms with Gasteiger partial charge in [-0.05, 0) is 18.1 Å². The number of nitrogens with one attached hydrogen (secondary N) is 1. The Kier molecular flexibility index (Phi) is 10.1. The van der Waals surface area contributed by atoms with Gasteiger partial charge in [-0.1, -0.05) is 13.8 Å². The summed E-state index contributed by atoms with van der Waals surface area (Å²) in [4.78, 5) is 29.6. The average Bonchev–Trinajstić information content (AvgIpc) is 3.19. The van der Waals surface area contributed by atoms with Crippen molar-refractivity contribution in [3.63, 3.8) is 0 Å². The second kappa shape index (κ2) is 12.7. The maximum absolute atomic E-state index is 13.2. The van der Waals surface area contributed by atoms with Crippen molar-refractivity contribution in [1.82, 2.24) is 14.4 Å². The molecule has 1 N–H and O–H groups in total. The highest BCUT2D eigenvalue weighted by Crippen LogP contribution is 2.26. The first-order valence-corrected chi connectivity index (χ1v) is 10.9. The molecule has 0 bridgehead atoms. The SMILES string of the molecule is COCCN(Cc1cccn1C)C(=O)CN(CC(C)C)C(=O)Nc1cc(OC)cc(OC)c1. The normalized spacial score (nSPS) is 10.8. The van der Waals surface area contributed by atoms with Crippen LogP contribution in [0.4, 0.5) is 10.5 Å². The predicted octanol–water partition coefficient (Wildman–Crippen LogP) is 3.21. The van der Waals surface area contributed by atoms with Crippen LogP contribution in [0.15, 0.2) is 36.5 Å².